The largest absolute Gasteiger partial charge is 0.332 e. The highest BCUT2D eigenvalue weighted by Crippen LogP contribution is 2.14. The van der Waals surface area contributed by atoms with Crippen LogP contribution >= 0.6 is 12.6 Å². The van der Waals surface area contributed by atoms with Crippen molar-refractivity contribution in [1.29, 1.82) is 0 Å². The first-order chi connectivity index (χ1) is 5.11. The van der Waals surface area contributed by atoms with E-state index in [1.807, 2.05) is 14.1 Å². The number of nitrogens with zero attached hydrogens (tertiary/aromatic N) is 2. The van der Waals surface area contributed by atoms with Crippen molar-refractivity contribution < 1.29 is 4.79 Å². The molecule has 11 heavy (non-hydrogen) atoms. The number of hydrogen-bond donors (Lipinski definition) is 1. The summed E-state index contributed by atoms with van der Waals surface area (Å²) in [6.07, 6.45) is 1.07. The second-order valence-corrected chi connectivity index (χ2v) is 3.52. The Bertz CT molecular complexity index is 161. The minimum atomic E-state index is -0.102. The summed E-state index contributed by atoms with van der Waals surface area (Å²) in [5, 5.41) is -0.102. The zero-order valence-corrected chi connectivity index (χ0v) is 7.84. The van der Waals surface area contributed by atoms with Crippen LogP contribution in [0.3, 0.4) is 0 Å². The van der Waals surface area contributed by atoms with E-state index in [9.17, 15) is 4.79 Å². The van der Waals surface area contributed by atoms with Gasteiger partial charge in [-0.3, -0.25) is 4.79 Å². The van der Waals surface area contributed by atoms with Crippen LogP contribution in [0.5, 0.6) is 0 Å². The average molecular weight is 174 g/mol. The number of likely N-dealkylation sites (tertiary alicyclic amines) is 1. The Morgan fingerprint density at radius 2 is 2.27 bits per heavy atom. The van der Waals surface area contributed by atoms with E-state index in [0.717, 1.165) is 19.5 Å². The van der Waals surface area contributed by atoms with Gasteiger partial charge in [-0.15, -0.1) is 0 Å². The van der Waals surface area contributed by atoms with Gasteiger partial charge in [0.1, 0.15) is 0 Å². The molecule has 0 spiro atoms. The molecule has 0 N–H and O–H groups in total. The van der Waals surface area contributed by atoms with Gasteiger partial charge in [0.05, 0.1) is 0 Å². The molecule has 3 nitrogen and oxygen atoms in total. The molecule has 64 valence electrons. The second-order valence-electron chi connectivity index (χ2n) is 3.13. The van der Waals surface area contributed by atoms with Gasteiger partial charge in [0, 0.05) is 19.1 Å². The highest BCUT2D eigenvalue weighted by molar-refractivity contribution is 7.96. The van der Waals surface area contributed by atoms with E-state index in [0.29, 0.717) is 6.04 Å². The highest BCUT2D eigenvalue weighted by atomic mass is 32.1. The lowest BCUT2D eigenvalue weighted by molar-refractivity contribution is 0.227. The van der Waals surface area contributed by atoms with Crippen LogP contribution < -0.4 is 0 Å². The maximum absolute atomic E-state index is 10.8. The van der Waals surface area contributed by atoms with Crippen LogP contribution in [0.25, 0.3) is 0 Å². The Hall–Kier alpha value is -0.220. The molecule has 4 heteroatoms. The zero-order valence-electron chi connectivity index (χ0n) is 6.95. The SMILES string of the molecule is CN(C)[C@@H]1CCN(C(=O)S)C1. The molecule has 1 saturated heterocycles. The predicted molar refractivity (Wildman–Crippen MR) is 48.0 cm³/mol. The molecule has 0 unspecified atom stereocenters. The van der Waals surface area contributed by atoms with Gasteiger partial charge in [0.15, 0.2) is 0 Å². The maximum atomic E-state index is 10.8. The van der Waals surface area contributed by atoms with Gasteiger partial charge >= 0.3 is 0 Å². The van der Waals surface area contributed by atoms with E-state index in [2.05, 4.69) is 17.5 Å². The van der Waals surface area contributed by atoms with Crippen LogP contribution in [-0.4, -0.2) is 48.3 Å². The fourth-order valence-electron chi connectivity index (χ4n) is 1.34. The molecule has 0 aromatic rings. The van der Waals surface area contributed by atoms with Crippen LogP contribution in [-0.2, 0) is 0 Å². The summed E-state index contributed by atoms with van der Waals surface area (Å²) in [6.45, 7) is 1.68. The Labute approximate surface area is 72.8 Å². The highest BCUT2D eigenvalue weighted by Gasteiger charge is 2.25. The lowest BCUT2D eigenvalue weighted by Gasteiger charge is -2.18. The van der Waals surface area contributed by atoms with Crippen molar-refractivity contribution in [2.75, 3.05) is 27.2 Å². The van der Waals surface area contributed by atoms with E-state index < -0.39 is 0 Å². The molecule has 0 saturated carbocycles. The van der Waals surface area contributed by atoms with E-state index in [4.69, 9.17) is 0 Å². The molecule has 1 rings (SSSR count). The van der Waals surface area contributed by atoms with Crippen LogP contribution in [0.4, 0.5) is 4.79 Å². The minimum Gasteiger partial charge on any atom is -0.332 e. The van der Waals surface area contributed by atoms with Crippen molar-refractivity contribution in [3.05, 3.63) is 0 Å². The summed E-state index contributed by atoms with van der Waals surface area (Å²) in [5.41, 5.74) is 0. The monoisotopic (exact) mass is 174 g/mol. The topological polar surface area (TPSA) is 23.6 Å². The van der Waals surface area contributed by atoms with Gasteiger partial charge in [-0.25, -0.2) is 0 Å². The average Bonchev–Trinajstić information content (AvgIpc) is 2.33. The van der Waals surface area contributed by atoms with Gasteiger partial charge in [-0.1, -0.05) is 12.6 Å². The molecule has 1 atom stereocenters. The van der Waals surface area contributed by atoms with Crippen LogP contribution in [0, 0.1) is 0 Å². The van der Waals surface area contributed by atoms with Crippen molar-refractivity contribution >= 4 is 17.9 Å². The quantitative estimate of drug-likeness (QED) is 0.591. The van der Waals surface area contributed by atoms with Gasteiger partial charge in [0.2, 0.25) is 0 Å². The van der Waals surface area contributed by atoms with Crippen molar-refractivity contribution in [3.63, 3.8) is 0 Å². The number of thiol groups is 1. The molecule has 1 aliphatic rings. The first-order valence-corrected chi connectivity index (χ1v) is 4.20. The first-order valence-electron chi connectivity index (χ1n) is 3.75. The van der Waals surface area contributed by atoms with Crippen molar-refractivity contribution in [2.45, 2.75) is 12.5 Å². The van der Waals surface area contributed by atoms with E-state index in [1.54, 1.807) is 4.90 Å². The lowest BCUT2D eigenvalue weighted by atomic mass is 10.2. The molecule has 1 amide bonds. The third-order valence-corrected chi connectivity index (χ3v) is 2.45. The van der Waals surface area contributed by atoms with Crippen LogP contribution in [0.2, 0.25) is 0 Å². The zero-order chi connectivity index (χ0) is 8.43. The van der Waals surface area contributed by atoms with Gasteiger partial charge < -0.3 is 9.80 Å². The van der Waals surface area contributed by atoms with Crippen LogP contribution in [0.15, 0.2) is 0 Å². The molecular formula is C7H14N2OS. The van der Waals surface area contributed by atoms with Crippen molar-refractivity contribution in [2.24, 2.45) is 0 Å². The summed E-state index contributed by atoms with van der Waals surface area (Å²) in [6, 6.07) is 0.520. The number of rotatable bonds is 1. The molecule has 0 aromatic heterocycles. The third kappa shape index (κ3) is 2.10. The predicted octanol–water partition coefficient (Wildman–Crippen LogP) is 0.672. The van der Waals surface area contributed by atoms with E-state index in [1.165, 1.54) is 0 Å². The molecular weight excluding hydrogens is 160 g/mol. The number of amides is 1. The molecule has 0 aromatic carbocycles. The number of carbonyl (C=O) groups is 1. The maximum Gasteiger partial charge on any atom is 0.278 e. The summed E-state index contributed by atoms with van der Waals surface area (Å²) < 4.78 is 0. The van der Waals surface area contributed by atoms with E-state index in [-0.39, 0.29) is 5.24 Å². The normalized spacial score (nSPS) is 24.7. The Morgan fingerprint density at radius 3 is 2.55 bits per heavy atom. The number of hydrogen-bond acceptors (Lipinski definition) is 2. The molecule has 0 aliphatic carbocycles. The van der Waals surface area contributed by atoms with Gasteiger partial charge in [0.25, 0.3) is 5.24 Å². The molecule has 0 radical (unpaired) electrons. The number of carbonyl (C=O) groups excluding carboxylic acids is 1. The number of likely N-dealkylation sites (N-methyl/N-ethyl adjacent to an activating group) is 1. The molecule has 0 bridgehead atoms. The van der Waals surface area contributed by atoms with Crippen LogP contribution in [0.1, 0.15) is 6.42 Å². The molecule has 1 aliphatic heterocycles. The Morgan fingerprint density at radius 1 is 1.64 bits per heavy atom. The summed E-state index contributed by atoms with van der Waals surface area (Å²) in [5.74, 6) is 0. The molecule has 1 fully saturated rings. The fourth-order valence-corrected chi connectivity index (χ4v) is 1.52. The van der Waals surface area contributed by atoms with Crippen molar-refractivity contribution in [3.8, 4) is 0 Å². The minimum absolute atomic E-state index is 0.102. The third-order valence-electron chi connectivity index (χ3n) is 2.16. The van der Waals surface area contributed by atoms with Gasteiger partial charge in [-0.2, -0.15) is 0 Å². The Kier molecular flexibility index (Phi) is 2.78. The van der Waals surface area contributed by atoms with E-state index >= 15 is 0 Å². The standard InChI is InChI=1S/C7H14N2OS/c1-8(2)6-3-4-9(5-6)7(10)11/h6H,3-5H2,1-2H3,(H,10,11)/t6-/m1/s1. The molecule has 1 heterocycles. The fraction of sp³-hybridized carbons (Fsp3) is 0.857. The first kappa shape index (κ1) is 8.87. The van der Waals surface area contributed by atoms with Gasteiger partial charge in [-0.05, 0) is 20.5 Å². The smallest absolute Gasteiger partial charge is 0.278 e. The van der Waals surface area contributed by atoms with Crippen molar-refractivity contribution in [1.82, 2.24) is 9.80 Å². The lowest BCUT2D eigenvalue weighted by Crippen LogP contribution is -2.32. The summed E-state index contributed by atoms with van der Waals surface area (Å²) in [7, 11) is 4.08. The second kappa shape index (κ2) is 3.45. The summed E-state index contributed by atoms with van der Waals surface area (Å²) in [4.78, 5) is 14.7. The Balaban J connectivity index is 2.41. The summed E-state index contributed by atoms with van der Waals surface area (Å²) >= 11 is 3.77.